The fourth-order valence-electron chi connectivity index (χ4n) is 1.81. The van der Waals surface area contributed by atoms with Crippen LogP contribution in [0.3, 0.4) is 0 Å². The number of hydrogen-bond acceptors (Lipinski definition) is 3. The van der Waals surface area contributed by atoms with Crippen LogP contribution in [0.15, 0.2) is 18.2 Å². The van der Waals surface area contributed by atoms with E-state index in [9.17, 15) is 9.90 Å². The topological polar surface area (TPSA) is 58.6 Å². The summed E-state index contributed by atoms with van der Waals surface area (Å²) in [6.07, 6.45) is 1.74. The number of phenolic OH excluding ortho intramolecular Hbond substituents is 1. The standard InChI is InChI=1S/C14H19NO3/c1-14(2,3)18-13(17)15-12-7-6-10(16)8-11(12)9-4-5-9/h6-9,16H,4-5H2,1-3H3,(H,15,17). The molecule has 0 saturated heterocycles. The third-order valence-electron chi connectivity index (χ3n) is 2.69. The highest BCUT2D eigenvalue weighted by Gasteiger charge is 2.27. The SMILES string of the molecule is CC(C)(C)OC(=O)Nc1ccc(O)cc1C1CC1. The normalized spacial score (nSPS) is 15.3. The lowest BCUT2D eigenvalue weighted by Gasteiger charge is -2.20. The van der Waals surface area contributed by atoms with Gasteiger partial charge >= 0.3 is 6.09 Å². The Morgan fingerprint density at radius 3 is 2.61 bits per heavy atom. The molecule has 0 aromatic heterocycles. The van der Waals surface area contributed by atoms with Crippen LogP contribution in [-0.2, 0) is 4.74 Å². The quantitative estimate of drug-likeness (QED) is 0.787. The molecule has 1 aromatic carbocycles. The molecule has 0 heterocycles. The maximum Gasteiger partial charge on any atom is 0.412 e. The van der Waals surface area contributed by atoms with Crippen molar-refractivity contribution in [2.45, 2.75) is 45.1 Å². The highest BCUT2D eigenvalue weighted by molar-refractivity contribution is 5.86. The van der Waals surface area contributed by atoms with Crippen LogP contribution in [0.25, 0.3) is 0 Å². The zero-order valence-corrected chi connectivity index (χ0v) is 11.0. The highest BCUT2D eigenvalue weighted by Crippen LogP contribution is 2.44. The Hall–Kier alpha value is -1.71. The van der Waals surface area contributed by atoms with Crippen molar-refractivity contribution in [3.63, 3.8) is 0 Å². The lowest BCUT2D eigenvalue weighted by atomic mass is 10.1. The molecule has 1 aliphatic rings. The Labute approximate surface area is 107 Å². The molecule has 4 heteroatoms. The van der Waals surface area contributed by atoms with E-state index in [1.54, 1.807) is 18.2 Å². The summed E-state index contributed by atoms with van der Waals surface area (Å²) in [6.45, 7) is 5.47. The number of benzene rings is 1. The number of ether oxygens (including phenoxy) is 1. The van der Waals surface area contributed by atoms with Gasteiger partial charge in [-0.3, -0.25) is 5.32 Å². The Morgan fingerprint density at radius 2 is 2.06 bits per heavy atom. The summed E-state index contributed by atoms with van der Waals surface area (Å²) < 4.78 is 5.21. The number of phenols is 1. The summed E-state index contributed by atoms with van der Waals surface area (Å²) in [4.78, 5) is 11.7. The van der Waals surface area contributed by atoms with Crippen molar-refractivity contribution in [2.24, 2.45) is 0 Å². The van der Waals surface area contributed by atoms with Gasteiger partial charge in [0.25, 0.3) is 0 Å². The van der Waals surface area contributed by atoms with Crippen LogP contribution in [0.5, 0.6) is 5.75 Å². The van der Waals surface area contributed by atoms with Crippen LogP contribution >= 0.6 is 0 Å². The van der Waals surface area contributed by atoms with Gasteiger partial charge in [-0.1, -0.05) is 0 Å². The average Bonchev–Trinajstić information content (AvgIpc) is 3.01. The van der Waals surface area contributed by atoms with Gasteiger partial charge in [0.2, 0.25) is 0 Å². The molecule has 98 valence electrons. The van der Waals surface area contributed by atoms with E-state index in [-0.39, 0.29) is 5.75 Å². The molecule has 2 rings (SSSR count). The molecule has 0 unspecified atom stereocenters. The summed E-state index contributed by atoms with van der Waals surface area (Å²) in [7, 11) is 0. The lowest BCUT2D eigenvalue weighted by Crippen LogP contribution is -2.27. The minimum atomic E-state index is -0.513. The second kappa shape index (κ2) is 4.52. The van der Waals surface area contributed by atoms with Crippen molar-refractivity contribution in [1.82, 2.24) is 0 Å². The number of rotatable bonds is 2. The summed E-state index contributed by atoms with van der Waals surface area (Å²) in [5.41, 5.74) is 1.20. The zero-order chi connectivity index (χ0) is 13.3. The van der Waals surface area contributed by atoms with Crippen LogP contribution in [-0.4, -0.2) is 16.8 Å². The van der Waals surface area contributed by atoms with Crippen molar-refractivity contribution < 1.29 is 14.6 Å². The first-order chi connectivity index (χ1) is 8.35. The predicted octanol–water partition coefficient (Wildman–Crippen LogP) is 3.62. The molecule has 0 aliphatic heterocycles. The summed E-state index contributed by atoms with van der Waals surface area (Å²) in [6, 6.07) is 5.00. The van der Waals surface area contributed by atoms with E-state index in [0.717, 1.165) is 24.1 Å². The van der Waals surface area contributed by atoms with E-state index in [1.165, 1.54) is 0 Å². The molecule has 0 radical (unpaired) electrons. The van der Waals surface area contributed by atoms with Gasteiger partial charge in [0, 0.05) is 5.69 Å². The number of carbonyl (C=O) groups excluding carboxylic acids is 1. The van der Waals surface area contributed by atoms with Gasteiger partial charge in [0.1, 0.15) is 11.4 Å². The van der Waals surface area contributed by atoms with E-state index in [4.69, 9.17) is 4.74 Å². The first kappa shape index (κ1) is 12.7. The molecular weight excluding hydrogens is 230 g/mol. The third kappa shape index (κ3) is 3.39. The number of amides is 1. The molecule has 1 aliphatic carbocycles. The zero-order valence-electron chi connectivity index (χ0n) is 11.0. The maximum atomic E-state index is 11.7. The molecule has 0 bridgehead atoms. The van der Waals surface area contributed by atoms with E-state index < -0.39 is 11.7 Å². The second-order valence-corrected chi connectivity index (χ2v) is 5.67. The average molecular weight is 249 g/mol. The largest absolute Gasteiger partial charge is 0.508 e. The van der Waals surface area contributed by atoms with Gasteiger partial charge in [0.05, 0.1) is 0 Å². The smallest absolute Gasteiger partial charge is 0.412 e. The molecule has 1 saturated carbocycles. The third-order valence-corrected chi connectivity index (χ3v) is 2.69. The molecule has 4 nitrogen and oxygen atoms in total. The lowest BCUT2D eigenvalue weighted by molar-refractivity contribution is 0.0636. The summed E-state index contributed by atoms with van der Waals surface area (Å²) in [5.74, 6) is 0.675. The Bertz CT molecular complexity index is 459. The molecule has 1 fully saturated rings. The monoisotopic (exact) mass is 249 g/mol. The van der Waals surface area contributed by atoms with Crippen molar-refractivity contribution in [3.8, 4) is 5.75 Å². The van der Waals surface area contributed by atoms with Gasteiger partial charge in [-0.25, -0.2) is 4.79 Å². The number of anilines is 1. The van der Waals surface area contributed by atoms with Crippen LogP contribution < -0.4 is 5.32 Å². The van der Waals surface area contributed by atoms with Crippen LogP contribution in [0.2, 0.25) is 0 Å². The van der Waals surface area contributed by atoms with Gasteiger partial charge < -0.3 is 9.84 Å². The van der Waals surface area contributed by atoms with Crippen molar-refractivity contribution in [2.75, 3.05) is 5.32 Å². The minimum absolute atomic E-state index is 0.228. The van der Waals surface area contributed by atoms with E-state index in [2.05, 4.69) is 5.32 Å². The van der Waals surface area contributed by atoms with Gasteiger partial charge in [0.15, 0.2) is 0 Å². The Kier molecular flexibility index (Phi) is 3.20. The highest BCUT2D eigenvalue weighted by atomic mass is 16.6. The van der Waals surface area contributed by atoms with Gasteiger partial charge in [-0.15, -0.1) is 0 Å². The Balaban J connectivity index is 2.11. The van der Waals surface area contributed by atoms with Crippen LogP contribution in [0, 0.1) is 0 Å². The number of aromatic hydroxyl groups is 1. The molecule has 1 aromatic rings. The first-order valence-electron chi connectivity index (χ1n) is 6.18. The predicted molar refractivity (Wildman–Crippen MR) is 69.9 cm³/mol. The molecular formula is C14H19NO3. The fourth-order valence-corrected chi connectivity index (χ4v) is 1.81. The van der Waals surface area contributed by atoms with Gasteiger partial charge in [-0.2, -0.15) is 0 Å². The number of carbonyl (C=O) groups is 1. The molecule has 18 heavy (non-hydrogen) atoms. The van der Waals surface area contributed by atoms with Crippen molar-refractivity contribution in [3.05, 3.63) is 23.8 Å². The second-order valence-electron chi connectivity index (χ2n) is 5.67. The fraction of sp³-hybridized carbons (Fsp3) is 0.500. The summed E-state index contributed by atoms with van der Waals surface area (Å²) >= 11 is 0. The molecule has 2 N–H and O–H groups in total. The summed E-state index contributed by atoms with van der Waals surface area (Å²) in [5, 5.41) is 12.2. The maximum absolute atomic E-state index is 11.7. The molecule has 0 atom stereocenters. The first-order valence-corrected chi connectivity index (χ1v) is 6.18. The van der Waals surface area contributed by atoms with Crippen LogP contribution in [0.1, 0.15) is 45.1 Å². The number of nitrogens with one attached hydrogen (secondary N) is 1. The minimum Gasteiger partial charge on any atom is -0.508 e. The number of hydrogen-bond donors (Lipinski definition) is 2. The van der Waals surface area contributed by atoms with E-state index >= 15 is 0 Å². The van der Waals surface area contributed by atoms with E-state index in [1.807, 2.05) is 20.8 Å². The molecule has 0 spiro atoms. The van der Waals surface area contributed by atoms with Crippen LogP contribution in [0.4, 0.5) is 10.5 Å². The van der Waals surface area contributed by atoms with Crippen molar-refractivity contribution in [1.29, 1.82) is 0 Å². The van der Waals surface area contributed by atoms with E-state index in [0.29, 0.717) is 5.92 Å². The molecule has 1 amide bonds. The Morgan fingerprint density at radius 1 is 1.39 bits per heavy atom. The van der Waals surface area contributed by atoms with Crippen molar-refractivity contribution >= 4 is 11.8 Å². The van der Waals surface area contributed by atoms with Gasteiger partial charge in [-0.05, 0) is 63.3 Å².